The lowest BCUT2D eigenvalue weighted by Crippen LogP contribution is -2.35. The van der Waals surface area contributed by atoms with Crippen molar-refractivity contribution in [3.63, 3.8) is 0 Å². The molecule has 92 valence electrons. The summed E-state index contributed by atoms with van der Waals surface area (Å²) in [7, 11) is 0. The van der Waals surface area contributed by atoms with Crippen LogP contribution in [0.4, 0.5) is 0 Å². The summed E-state index contributed by atoms with van der Waals surface area (Å²) in [5, 5.41) is 0. The second-order valence-electron chi connectivity index (χ2n) is 5.13. The summed E-state index contributed by atoms with van der Waals surface area (Å²) in [4.78, 5) is 4.31. The molecule has 1 aromatic carbocycles. The number of nitrogens with zero attached hydrogens (tertiary/aromatic N) is 1. The topological polar surface area (TPSA) is 78.1 Å². The van der Waals surface area contributed by atoms with Crippen molar-refractivity contribution in [2.24, 2.45) is 16.9 Å². The normalized spacial score (nSPS) is 14.2. The molecule has 0 aliphatic rings. The summed E-state index contributed by atoms with van der Waals surface area (Å²) in [6.07, 6.45) is 0. The van der Waals surface area contributed by atoms with E-state index in [9.17, 15) is 0 Å². The van der Waals surface area contributed by atoms with Crippen LogP contribution in [-0.2, 0) is 0 Å². The first-order valence-corrected chi connectivity index (χ1v) is 5.77. The molecule has 0 radical (unpaired) electrons. The van der Waals surface area contributed by atoms with Crippen LogP contribution in [0.2, 0.25) is 0 Å². The number of nitrogens with two attached hydrogens (primary N) is 2. The Kier molecular flexibility index (Phi) is 2.93. The molecule has 0 aliphatic heterocycles. The second-order valence-corrected chi connectivity index (χ2v) is 5.13. The highest BCUT2D eigenvalue weighted by atomic mass is 16.3. The highest BCUT2D eigenvalue weighted by Crippen LogP contribution is 2.31. The molecule has 2 aromatic rings. The van der Waals surface area contributed by atoms with E-state index in [1.807, 2.05) is 25.1 Å². The van der Waals surface area contributed by atoms with Crippen LogP contribution in [0, 0.1) is 12.3 Å². The maximum absolute atomic E-state index is 6.24. The van der Waals surface area contributed by atoms with Crippen molar-refractivity contribution in [3.8, 4) is 0 Å². The van der Waals surface area contributed by atoms with Gasteiger partial charge in [0.05, 0.1) is 0 Å². The third-order valence-electron chi connectivity index (χ3n) is 3.25. The highest BCUT2D eigenvalue weighted by Gasteiger charge is 2.26. The number of fused-ring (bicyclic) bond motifs is 1. The summed E-state index contributed by atoms with van der Waals surface area (Å²) < 4.78 is 5.44. The third kappa shape index (κ3) is 2.18. The van der Waals surface area contributed by atoms with Gasteiger partial charge in [0.1, 0.15) is 5.52 Å². The summed E-state index contributed by atoms with van der Waals surface area (Å²) in [5.41, 5.74) is 14.5. The van der Waals surface area contributed by atoms with Crippen LogP contribution in [0.1, 0.15) is 31.3 Å². The van der Waals surface area contributed by atoms with Gasteiger partial charge >= 0.3 is 0 Å². The molecule has 1 aromatic heterocycles. The van der Waals surface area contributed by atoms with Crippen molar-refractivity contribution in [2.75, 3.05) is 6.54 Å². The van der Waals surface area contributed by atoms with Crippen LogP contribution in [0.25, 0.3) is 11.1 Å². The van der Waals surface area contributed by atoms with Gasteiger partial charge in [-0.1, -0.05) is 19.9 Å². The zero-order chi connectivity index (χ0) is 12.6. The predicted octanol–water partition coefficient (Wildman–Crippen LogP) is 2.12. The average Bonchev–Trinajstić information content (AvgIpc) is 2.66. The maximum Gasteiger partial charge on any atom is 0.192 e. The fraction of sp³-hybridized carbons (Fsp3) is 0.462. The van der Waals surface area contributed by atoms with Crippen molar-refractivity contribution < 1.29 is 4.42 Å². The highest BCUT2D eigenvalue weighted by molar-refractivity contribution is 5.73. The molecule has 0 bridgehead atoms. The number of aryl methyl sites for hydroxylation is 1. The van der Waals surface area contributed by atoms with Crippen LogP contribution in [-0.4, -0.2) is 11.5 Å². The van der Waals surface area contributed by atoms with E-state index in [0.717, 1.165) is 16.7 Å². The molecule has 0 aliphatic carbocycles. The zero-order valence-electron chi connectivity index (χ0n) is 10.5. The summed E-state index contributed by atoms with van der Waals surface area (Å²) >= 11 is 0. The van der Waals surface area contributed by atoms with Gasteiger partial charge in [-0.3, -0.25) is 0 Å². The maximum atomic E-state index is 6.24. The fourth-order valence-corrected chi connectivity index (χ4v) is 1.83. The smallest absolute Gasteiger partial charge is 0.192 e. The minimum Gasteiger partial charge on any atom is -0.441 e. The lowest BCUT2D eigenvalue weighted by atomic mass is 9.81. The largest absolute Gasteiger partial charge is 0.441 e. The van der Waals surface area contributed by atoms with E-state index in [0.29, 0.717) is 12.4 Å². The Morgan fingerprint density at radius 2 is 2.12 bits per heavy atom. The Labute approximate surface area is 101 Å². The standard InChI is InChI=1S/C13H19N3O/c1-8-16-10-6-9(4-5-11(10)17-8)12(15)13(2,3)7-14/h4-6,12H,7,14-15H2,1-3H3. The zero-order valence-corrected chi connectivity index (χ0v) is 10.5. The van der Waals surface area contributed by atoms with Crippen molar-refractivity contribution in [2.45, 2.75) is 26.8 Å². The van der Waals surface area contributed by atoms with Crippen LogP contribution in [0.15, 0.2) is 22.6 Å². The first kappa shape index (κ1) is 12.1. The Morgan fingerprint density at radius 3 is 2.76 bits per heavy atom. The molecule has 2 rings (SSSR count). The van der Waals surface area contributed by atoms with E-state index in [4.69, 9.17) is 15.9 Å². The van der Waals surface area contributed by atoms with Crippen molar-refractivity contribution in [1.29, 1.82) is 0 Å². The van der Waals surface area contributed by atoms with Gasteiger partial charge in [-0.2, -0.15) is 0 Å². The Hall–Kier alpha value is -1.39. The molecule has 0 fully saturated rings. The minimum atomic E-state index is -0.132. The lowest BCUT2D eigenvalue weighted by Gasteiger charge is -2.30. The Bertz CT molecular complexity index is 530. The molecule has 1 heterocycles. The number of rotatable bonds is 3. The molecule has 1 atom stereocenters. The molecule has 0 saturated heterocycles. The van der Waals surface area contributed by atoms with Crippen LogP contribution in [0.5, 0.6) is 0 Å². The molecule has 0 saturated carbocycles. The first-order chi connectivity index (χ1) is 7.94. The molecule has 0 spiro atoms. The molecule has 17 heavy (non-hydrogen) atoms. The Balaban J connectivity index is 2.42. The van der Waals surface area contributed by atoms with E-state index < -0.39 is 0 Å². The summed E-state index contributed by atoms with van der Waals surface area (Å²) in [6.45, 7) is 6.51. The number of oxazole rings is 1. The summed E-state index contributed by atoms with van der Waals surface area (Å²) in [5.74, 6) is 0.670. The molecule has 1 unspecified atom stereocenters. The third-order valence-corrected chi connectivity index (χ3v) is 3.25. The number of benzene rings is 1. The number of hydrogen-bond acceptors (Lipinski definition) is 4. The quantitative estimate of drug-likeness (QED) is 0.851. The van der Waals surface area contributed by atoms with Crippen LogP contribution in [0.3, 0.4) is 0 Å². The van der Waals surface area contributed by atoms with E-state index in [-0.39, 0.29) is 11.5 Å². The van der Waals surface area contributed by atoms with E-state index in [1.54, 1.807) is 0 Å². The van der Waals surface area contributed by atoms with Crippen LogP contribution >= 0.6 is 0 Å². The summed E-state index contributed by atoms with van der Waals surface area (Å²) in [6, 6.07) is 5.77. The van der Waals surface area contributed by atoms with E-state index in [2.05, 4.69) is 18.8 Å². The molecular formula is C13H19N3O. The molecule has 4 heteroatoms. The molecule has 0 amide bonds. The van der Waals surface area contributed by atoms with Gasteiger partial charge in [0.2, 0.25) is 0 Å². The number of aromatic nitrogens is 1. The van der Waals surface area contributed by atoms with Gasteiger partial charge < -0.3 is 15.9 Å². The van der Waals surface area contributed by atoms with Gasteiger partial charge in [0.15, 0.2) is 11.5 Å². The Morgan fingerprint density at radius 1 is 1.41 bits per heavy atom. The van der Waals surface area contributed by atoms with Crippen molar-refractivity contribution in [3.05, 3.63) is 29.7 Å². The fourth-order valence-electron chi connectivity index (χ4n) is 1.83. The molecular weight excluding hydrogens is 214 g/mol. The first-order valence-electron chi connectivity index (χ1n) is 5.77. The SMILES string of the molecule is Cc1nc2cc(C(N)C(C)(C)CN)ccc2o1. The minimum absolute atomic E-state index is 0.103. The van der Waals surface area contributed by atoms with E-state index >= 15 is 0 Å². The lowest BCUT2D eigenvalue weighted by molar-refractivity contribution is 0.301. The monoisotopic (exact) mass is 233 g/mol. The van der Waals surface area contributed by atoms with E-state index in [1.165, 1.54) is 0 Å². The van der Waals surface area contributed by atoms with Gasteiger partial charge in [0.25, 0.3) is 0 Å². The van der Waals surface area contributed by atoms with Gasteiger partial charge in [0, 0.05) is 13.0 Å². The van der Waals surface area contributed by atoms with Gasteiger partial charge in [-0.25, -0.2) is 4.98 Å². The molecule has 4 N–H and O–H groups in total. The van der Waals surface area contributed by atoms with Crippen molar-refractivity contribution in [1.82, 2.24) is 4.98 Å². The van der Waals surface area contributed by atoms with Crippen molar-refractivity contribution >= 4 is 11.1 Å². The van der Waals surface area contributed by atoms with Gasteiger partial charge in [-0.15, -0.1) is 0 Å². The second kappa shape index (κ2) is 4.13. The van der Waals surface area contributed by atoms with Crippen LogP contribution < -0.4 is 11.5 Å². The number of hydrogen-bond donors (Lipinski definition) is 2. The average molecular weight is 233 g/mol. The van der Waals surface area contributed by atoms with Gasteiger partial charge in [-0.05, 0) is 29.7 Å². The molecule has 4 nitrogen and oxygen atoms in total. The predicted molar refractivity (Wildman–Crippen MR) is 68.5 cm³/mol.